The first kappa shape index (κ1) is 23.2. The molecule has 3 rings (SSSR count). The summed E-state index contributed by atoms with van der Waals surface area (Å²) in [5.41, 5.74) is 2.61. The minimum atomic E-state index is -0.961. The van der Waals surface area contributed by atoms with Crippen molar-refractivity contribution in [3.05, 3.63) is 108 Å². The second-order valence-corrected chi connectivity index (χ2v) is 8.82. The molecule has 0 unspecified atom stereocenters. The van der Waals surface area contributed by atoms with Crippen LogP contribution in [0.25, 0.3) is 0 Å². The van der Waals surface area contributed by atoms with Crippen LogP contribution < -0.4 is 5.32 Å². The van der Waals surface area contributed by atoms with Gasteiger partial charge in [0.2, 0.25) is 0 Å². The van der Waals surface area contributed by atoms with E-state index in [9.17, 15) is 5.11 Å². The second-order valence-electron chi connectivity index (χ2n) is 8.82. The predicted molar refractivity (Wildman–Crippen MR) is 130 cm³/mol. The standard InChI is InChI=1S/C28H36N2O/c1-24(2)21-29-19-18-28(31,20-25-12-6-3-7-13-25)30(22-26-14-8-4-9-15-26)23-27-16-10-5-11-17-27/h3-17,24,29,31H,18-23H2,1-2H3/t28-/m1/s1. The minimum Gasteiger partial charge on any atom is -0.375 e. The first-order valence-corrected chi connectivity index (χ1v) is 11.3. The third-order valence-corrected chi connectivity index (χ3v) is 5.61. The highest BCUT2D eigenvalue weighted by Crippen LogP contribution is 2.27. The molecule has 0 bridgehead atoms. The topological polar surface area (TPSA) is 35.5 Å². The van der Waals surface area contributed by atoms with Crippen molar-refractivity contribution < 1.29 is 5.11 Å². The molecule has 3 nitrogen and oxygen atoms in total. The molecule has 31 heavy (non-hydrogen) atoms. The second kappa shape index (κ2) is 11.8. The first-order chi connectivity index (χ1) is 15.0. The summed E-state index contributed by atoms with van der Waals surface area (Å²) in [5.74, 6) is 0.590. The molecule has 1 atom stereocenters. The van der Waals surface area contributed by atoms with E-state index < -0.39 is 5.72 Å². The highest BCUT2D eigenvalue weighted by Gasteiger charge is 2.34. The third kappa shape index (κ3) is 7.62. The number of nitrogens with zero attached hydrogens (tertiary/aromatic N) is 1. The molecule has 0 amide bonds. The number of hydrogen-bond donors (Lipinski definition) is 2. The molecular weight excluding hydrogens is 380 g/mol. The lowest BCUT2D eigenvalue weighted by molar-refractivity contribution is -0.123. The Morgan fingerprint density at radius 3 is 1.65 bits per heavy atom. The maximum Gasteiger partial charge on any atom is 0.124 e. The summed E-state index contributed by atoms with van der Waals surface area (Å²) >= 11 is 0. The van der Waals surface area contributed by atoms with Crippen molar-refractivity contribution in [1.29, 1.82) is 0 Å². The summed E-state index contributed by atoms with van der Waals surface area (Å²) in [6.45, 7) is 7.55. The summed E-state index contributed by atoms with van der Waals surface area (Å²) in [7, 11) is 0. The fraction of sp³-hybridized carbons (Fsp3) is 0.357. The van der Waals surface area contributed by atoms with Crippen molar-refractivity contribution in [2.45, 2.75) is 45.5 Å². The van der Waals surface area contributed by atoms with E-state index in [0.717, 1.165) is 18.7 Å². The van der Waals surface area contributed by atoms with E-state index in [2.05, 4.69) is 84.7 Å². The summed E-state index contributed by atoms with van der Waals surface area (Å²) < 4.78 is 0. The van der Waals surface area contributed by atoms with Crippen molar-refractivity contribution in [3.8, 4) is 0 Å². The maximum atomic E-state index is 12.1. The number of hydrogen-bond acceptors (Lipinski definition) is 3. The lowest BCUT2D eigenvalue weighted by Crippen LogP contribution is -2.51. The Morgan fingerprint density at radius 2 is 1.19 bits per heavy atom. The Labute approximate surface area is 187 Å². The van der Waals surface area contributed by atoms with Crippen molar-refractivity contribution >= 4 is 0 Å². The number of benzene rings is 3. The summed E-state index contributed by atoms with van der Waals surface area (Å²) in [6.07, 6.45) is 1.26. The zero-order valence-electron chi connectivity index (χ0n) is 18.9. The molecule has 3 aromatic carbocycles. The van der Waals surface area contributed by atoms with Gasteiger partial charge in [-0.1, -0.05) is 105 Å². The van der Waals surface area contributed by atoms with E-state index in [4.69, 9.17) is 0 Å². The molecule has 0 saturated heterocycles. The SMILES string of the molecule is CC(C)CNCC[C@@](O)(Cc1ccccc1)N(Cc1ccccc1)Cc1ccccc1. The summed E-state index contributed by atoms with van der Waals surface area (Å²) in [6, 6.07) is 31.2. The van der Waals surface area contributed by atoms with E-state index in [1.807, 2.05) is 30.3 Å². The molecule has 0 fully saturated rings. The summed E-state index contributed by atoms with van der Waals surface area (Å²) in [5, 5.41) is 15.6. The highest BCUT2D eigenvalue weighted by molar-refractivity contribution is 5.20. The van der Waals surface area contributed by atoms with Crippen molar-refractivity contribution in [2.75, 3.05) is 13.1 Å². The van der Waals surface area contributed by atoms with Gasteiger partial charge in [-0.25, -0.2) is 0 Å². The quantitative estimate of drug-likeness (QED) is 0.312. The van der Waals surface area contributed by atoms with Gasteiger partial charge in [-0.15, -0.1) is 0 Å². The van der Waals surface area contributed by atoms with Gasteiger partial charge in [-0.05, 0) is 35.7 Å². The lowest BCUT2D eigenvalue weighted by Gasteiger charge is -2.41. The Morgan fingerprint density at radius 1 is 0.742 bits per heavy atom. The van der Waals surface area contributed by atoms with E-state index in [0.29, 0.717) is 31.8 Å². The van der Waals surface area contributed by atoms with Crippen LogP contribution in [0.4, 0.5) is 0 Å². The molecule has 0 aliphatic heterocycles. The third-order valence-electron chi connectivity index (χ3n) is 5.61. The fourth-order valence-electron chi connectivity index (χ4n) is 3.92. The van der Waals surface area contributed by atoms with Crippen LogP contribution in [-0.4, -0.2) is 28.8 Å². The van der Waals surface area contributed by atoms with E-state index in [1.165, 1.54) is 11.1 Å². The van der Waals surface area contributed by atoms with Gasteiger partial charge in [0.25, 0.3) is 0 Å². The van der Waals surface area contributed by atoms with Crippen LogP contribution in [0, 0.1) is 5.92 Å². The van der Waals surface area contributed by atoms with Gasteiger partial charge in [0.1, 0.15) is 5.72 Å². The molecule has 0 radical (unpaired) electrons. The maximum absolute atomic E-state index is 12.1. The Kier molecular flexibility index (Phi) is 8.84. The summed E-state index contributed by atoms with van der Waals surface area (Å²) in [4.78, 5) is 2.24. The molecule has 2 N–H and O–H groups in total. The lowest BCUT2D eigenvalue weighted by atomic mass is 9.95. The predicted octanol–water partition coefficient (Wildman–Crippen LogP) is 5.26. The van der Waals surface area contributed by atoms with Gasteiger partial charge in [0, 0.05) is 25.9 Å². The number of nitrogens with one attached hydrogen (secondary N) is 1. The molecule has 3 aromatic rings. The monoisotopic (exact) mass is 416 g/mol. The van der Waals surface area contributed by atoms with Crippen LogP contribution in [0.5, 0.6) is 0 Å². The average Bonchev–Trinajstić information content (AvgIpc) is 2.78. The largest absolute Gasteiger partial charge is 0.375 e. The average molecular weight is 417 g/mol. The van der Waals surface area contributed by atoms with Gasteiger partial charge in [-0.2, -0.15) is 0 Å². The zero-order valence-corrected chi connectivity index (χ0v) is 18.9. The van der Waals surface area contributed by atoms with Crippen LogP contribution in [0.1, 0.15) is 37.0 Å². The Balaban J connectivity index is 1.87. The van der Waals surface area contributed by atoms with Gasteiger partial charge in [0.05, 0.1) is 0 Å². The van der Waals surface area contributed by atoms with Gasteiger partial charge >= 0.3 is 0 Å². The van der Waals surface area contributed by atoms with E-state index in [-0.39, 0.29) is 0 Å². The molecule has 3 heteroatoms. The molecule has 0 aromatic heterocycles. The molecular formula is C28H36N2O. The van der Waals surface area contributed by atoms with E-state index >= 15 is 0 Å². The van der Waals surface area contributed by atoms with Crippen LogP contribution in [0.15, 0.2) is 91.0 Å². The first-order valence-electron chi connectivity index (χ1n) is 11.3. The van der Waals surface area contributed by atoms with Crippen molar-refractivity contribution in [3.63, 3.8) is 0 Å². The smallest absolute Gasteiger partial charge is 0.124 e. The molecule has 0 heterocycles. The van der Waals surface area contributed by atoms with Crippen molar-refractivity contribution in [2.24, 2.45) is 5.92 Å². The Hall–Kier alpha value is -2.46. The van der Waals surface area contributed by atoms with Gasteiger partial charge in [-0.3, -0.25) is 4.90 Å². The van der Waals surface area contributed by atoms with Gasteiger partial charge in [0.15, 0.2) is 0 Å². The molecule has 0 aliphatic rings. The molecule has 0 aliphatic carbocycles. The van der Waals surface area contributed by atoms with Crippen molar-refractivity contribution in [1.82, 2.24) is 10.2 Å². The zero-order chi connectivity index (χ0) is 21.9. The fourth-order valence-corrected chi connectivity index (χ4v) is 3.92. The van der Waals surface area contributed by atoms with E-state index in [1.54, 1.807) is 0 Å². The van der Waals surface area contributed by atoms with Crippen LogP contribution in [-0.2, 0) is 19.5 Å². The van der Waals surface area contributed by atoms with Gasteiger partial charge < -0.3 is 10.4 Å². The van der Waals surface area contributed by atoms with Crippen LogP contribution >= 0.6 is 0 Å². The Bertz CT molecular complexity index is 826. The molecule has 0 spiro atoms. The van der Waals surface area contributed by atoms with Crippen LogP contribution in [0.3, 0.4) is 0 Å². The number of rotatable bonds is 12. The van der Waals surface area contributed by atoms with Crippen LogP contribution in [0.2, 0.25) is 0 Å². The number of aliphatic hydroxyl groups is 1. The molecule has 0 saturated carbocycles. The normalized spacial score (nSPS) is 13.5. The molecule has 164 valence electrons. The minimum absolute atomic E-state index is 0.590. The highest BCUT2D eigenvalue weighted by atomic mass is 16.3.